The number of para-hydroxylation sites is 2. The molecule has 1 fully saturated rings. The summed E-state index contributed by atoms with van der Waals surface area (Å²) >= 11 is 0. The Balaban J connectivity index is 1.53. The molecule has 7 nitrogen and oxygen atoms in total. The molecule has 1 heterocycles. The van der Waals surface area contributed by atoms with Crippen molar-refractivity contribution in [2.75, 3.05) is 27.4 Å². The first-order valence-electron chi connectivity index (χ1n) is 13.7. The molecule has 2 unspecified atom stereocenters. The predicted molar refractivity (Wildman–Crippen MR) is 156 cm³/mol. The fourth-order valence-corrected chi connectivity index (χ4v) is 5.54. The van der Waals surface area contributed by atoms with Gasteiger partial charge in [-0.3, -0.25) is 0 Å². The van der Waals surface area contributed by atoms with E-state index in [0.717, 1.165) is 22.3 Å². The van der Waals surface area contributed by atoms with Crippen LogP contribution in [0.2, 0.25) is 0 Å². The summed E-state index contributed by atoms with van der Waals surface area (Å²) in [5.41, 5.74) is 2.17. The number of hydrogen-bond donors (Lipinski definition) is 1. The molecule has 7 heteroatoms. The standard InChI is InChI=1S/C34H35NO6/c1-38-31-19-11-9-17-29(31)34(26-15-7-4-8-16-26,30-18-10-12-20-32(30)39-2)41-24-27-21-28(36)22-35(27)33(37)40-23-25-13-5-3-6-14-25/h3-20,27-28,36H,21-24H2,1-2H3. The molecular formula is C34H35NO6. The van der Waals surface area contributed by atoms with E-state index < -0.39 is 23.8 Å². The maximum absolute atomic E-state index is 13.2. The number of hydrogen-bond acceptors (Lipinski definition) is 6. The summed E-state index contributed by atoms with van der Waals surface area (Å²) in [7, 11) is 3.27. The van der Waals surface area contributed by atoms with Gasteiger partial charge >= 0.3 is 6.09 Å². The molecule has 0 aromatic heterocycles. The number of methoxy groups -OCH3 is 2. The van der Waals surface area contributed by atoms with Gasteiger partial charge in [0.25, 0.3) is 0 Å². The Labute approximate surface area is 240 Å². The van der Waals surface area contributed by atoms with Crippen molar-refractivity contribution in [1.29, 1.82) is 0 Å². The average Bonchev–Trinajstić information content (AvgIpc) is 3.42. The molecule has 1 saturated heterocycles. The van der Waals surface area contributed by atoms with Crippen molar-refractivity contribution in [3.05, 3.63) is 131 Å². The molecule has 1 aliphatic heterocycles. The Morgan fingerprint density at radius 1 is 0.805 bits per heavy atom. The number of carbonyl (C=O) groups excluding carboxylic acids is 1. The van der Waals surface area contributed by atoms with Crippen molar-refractivity contribution in [2.24, 2.45) is 0 Å². The molecule has 0 saturated carbocycles. The van der Waals surface area contributed by atoms with Gasteiger partial charge in [-0.2, -0.15) is 0 Å². The van der Waals surface area contributed by atoms with E-state index in [2.05, 4.69) is 0 Å². The smallest absolute Gasteiger partial charge is 0.410 e. The zero-order chi connectivity index (χ0) is 28.7. The van der Waals surface area contributed by atoms with E-state index in [0.29, 0.717) is 17.9 Å². The maximum atomic E-state index is 13.2. The largest absolute Gasteiger partial charge is 0.496 e. The molecule has 1 N–H and O–H groups in total. The van der Waals surface area contributed by atoms with Crippen LogP contribution in [0.1, 0.15) is 28.7 Å². The zero-order valence-electron chi connectivity index (χ0n) is 23.3. The summed E-state index contributed by atoms with van der Waals surface area (Å²) < 4.78 is 24.3. The third-order valence-corrected chi connectivity index (χ3v) is 7.48. The van der Waals surface area contributed by atoms with Crippen LogP contribution in [0.15, 0.2) is 109 Å². The lowest BCUT2D eigenvalue weighted by molar-refractivity contribution is -0.0185. The van der Waals surface area contributed by atoms with Crippen LogP contribution < -0.4 is 9.47 Å². The second-order valence-electron chi connectivity index (χ2n) is 9.99. The Morgan fingerprint density at radius 3 is 1.93 bits per heavy atom. The number of benzene rings is 4. The van der Waals surface area contributed by atoms with Gasteiger partial charge in [-0.1, -0.05) is 97.1 Å². The lowest BCUT2D eigenvalue weighted by atomic mass is 9.79. The minimum atomic E-state index is -1.16. The van der Waals surface area contributed by atoms with Crippen molar-refractivity contribution in [3.63, 3.8) is 0 Å². The molecule has 0 radical (unpaired) electrons. The van der Waals surface area contributed by atoms with Crippen LogP contribution >= 0.6 is 0 Å². The summed E-state index contributed by atoms with van der Waals surface area (Å²) in [4.78, 5) is 14.8. The van der Waals surface area contributed by atoms with Gasteiger partial charge in [0.15, 0.2) is 5.60 Å². The van der Waals surface area contributed by atoms with Gasteiger partial charge in [0.05, 0.1) is 39.5 Å². The summed E-state index contributed by atoms with van der Waals surface area (Å²) in [5.74, 6) is 1.29. The van der Waals surface area contributed by atoms with E-state index in [1.54, 1.807) is 19.1 Å². The SMILES string of the molecule is COc1ccccc1C(OCC1CC(O)CN1C(=O)OCc1ccccc1)(c1ccccc1)c1ccccc1OC. The third-order valence-electron chi connectivity index (χ3n) is 7.48. The summed E-state index contributed by atoms with van der Waals surface area (Å²) in [6.45, 7) is 0.446. The van der Waals surface area contributed by atoms with Crippen molar-refractivity contribution in [2.45, 2.75) is 30.8 Å². The molecule has 0 bridgehead atoms. The highest BCUT2D eigenvalue weighted by molar-refractivity contribution is 5.68. The van der Waals surface area contributed by atoms with E-state index in [4.69, 9.17) is 18.9 Å². The Kier molecular flexibility index (Phi) is 8.87. The molecule has 41 heavy (non-hydrogen) atoms. The maximum Gasteiger partial charge on any atom is 0.410 e. The summed E-state index contributed by atoms with van der Waals surface area (Å²) in [6, 6.07) is 34.5. The quantitative estimate of drug-likeness (QED) is 0.251. The number of carbonyl (C=O) groups is 1. The van der Waals surface area contributed by atoms with Crippen molar-refractivity contribution in [3.8, 4) is 11.5 Å². The Hall–Kier alpha value is -4.33. The van der Waals surface area contributed by atoms with E-state index in [-0.39, 0.29) is 19.8 Å². The first kappa shape index (κ1) is 28.2. The van der Waals surface area contributed by atoms with Crippen LogP contribution in [-0.2, 0) is 21.7 Å². The van der Waals surface area contributed by atoms with Gasteiger partial charge in [0, 0.05) is 11.1 Å². The number of ether oxygens (including phenoxy) is 4. The zero-order valence-corrected chi connectivity index (χ0v) is 23.3. The minimum absolute atomic E-state index is 0.127. The van der Waals surface area contributed by atoms with Gasteiger partial charge in [0.1, 0.15) is 18.1 Å². The molecule has 5 rings (SSSR count). The predicted octanol–water partition coefficient (Wildman–Crippen LogP) is 5.78. The number of rotatable bonds is 10. The molecule has 0 spiro atoms. The number of likely N-dealkylation sites (tertiary alicyclic amines) is 1. The molecule has 1 amide bonds. The molecule has 4 aromatic carbocycles. The van der Waals surface area contributed by atoms with Gasteiger partial charge in [0.2, 0.25) is 0 Å². The van der Waals surface area contributed by atoms with E-state index in [9.17, 15) is 9.90 Å². The summed E-state index contributed by atoms with van der Waals surface area (Å²) in [6.07, 6.45) is -0.807. The Bertz CT molecular complexity index is 1380. The van der Waals surface area contributed by atoms with Gasteiger partial charge < -0.3 is 29.0 Å². The topological polar surface area (TPSA) is 77.5 Å². The van der Waals surface area contributed by atoms with Crippen LogP contribution in [-0.4, -0.2) is 55.6 Å². The van der Waals surface area contributed by atoms with Crippen molar-refractivity contribution in [1.82, 2.24) is 4.90 Å². The van der Waals surface area contributed by atoms with Crippen LogP contribution in [0.25, 0.3) is 0 Å². The van der Waals surface area contributed by atoms with Crippen LogP contribution in [0.3, 0.4) is 0 Å². The number of aliphatic hydroxyl groups excluding tert-OH is 1. The van der Waals surface area contributed by atoms with Gasteiger partial charge in [-0.25, -0.2) is 4.79 Å². The second-order valence-corrected chi connectivity index (χ2v) is 9.99. The van der Waals surface area contributed by atoms with Crippen molar-refractivity contribution >= 4 is 6.09 Å². The van der Waals surface area contributed by atoms with Crippen LogP contribution in [0.4, 0.5) is 4.79 Å². The van der Waals surface area contributed by atoms with Crippen molar-refractivity contribution < 1.29 is 28.8 Å². The number of amides is 1. The fraction of sp³-hybridized carbons (Fsp3) is 0.265. The van der Waals surface area contributed by atoms with E-state index >= 15 is 0 Å². The molecular weight excluding hydrogens is 518 g/mol. The highest BCUT2D eigenvalue weighted by atomic mass is 16.6. The highest BCUT2D eigenvalue weighted by Gasteiger charge is 2.44. The third kappa shape index (κ3) is 5.92. The first-order valence-corrected chi connectivity index (χ1v) is 13.7. The lowest BCUT2D eigenvalue weighted by Crippen LogP contribution is -2.42. The normalized spacial score (nSPS) is 16.8. The Morgan fingerprint density at radius 2 is 1.34 bits per heavy atom. The van der Waals surface area contributed by atoms with Gasteiger partial charge in [-0.05, 0) is 29.7 Å². The molecule has 2 atom stereocenters. The monoisotopic (exact) mass is 553 g/mol. The lowest BCUT2D eigenvalue weighted by Gasteiger charge is -2.38. The molecule has 4 aromatic rings. The van der Waals surface area contributed by atoms with E-state index in [1.165, 1.54) is 0 Å². The molecule has 1 aliphatic rings. The highest BCUT2D eigenvalue weighted by Crippen LogP contribution is 2.47. The average molecular weight is 554 g/mol. The van der Waals surface area contributed by atoms with Crippen LogP contribution in [0.5, 0.6) is 11.5 Å². The second kappa shape index (κ2) is 12.9. The van der Waals surface area contributed by atoms with E-state index in [1.807, 2.05) is 109 Å². The molecule has 0 aliphatic carbocycles. The van der Waals surface area contributed by atoms with Gasteiger partial charge in [-0.15, -0.1) is 0 Å². The first-order chi connectivity index (χ1) is 20.1. The molecule has 212 valence electrons. The fourth-order valence-electron chi connectivity index (χ4n) is 5.54. The van der Waals surface area contributed by atoms with Crippen LogP contribution in [0, 0.1) is 0 Å². The summed E-state index contributed by atoms with van der Waals surface area (Å²) in [5, 5.41) is 10.6. The number of β-amino-alcohol motifs (C(OH)–C–C–N with tert-alkyl or cyclic N) is 1. The number of aliphatic hydroxyl groups is 1. The number of nitrogens with zero attached hydrogens (tertiary/aromatic N) is 1. The minimum Gasteiger partial charge on any atom is -0.496 e.